The average molecular weight is 437 g/mol. The van der Waals surface area contributed by atoms with Crippen LogP contribution in [0.15, 0.2) is 48.5 Å². The second kappa shape index (κ2) is 8.55. The van der Waals surface area contributed by atoms with Gasteiger partial charge in [-0.05, 0) is 55.3 Å². The normalized spacial score (nSPS) is 14.1. The monoisotopic (exact) mass is 436 g/mol. The maximum Gasteiger partial charge on any atom is 0.272 e. The van der Waals surface area contributed by atoms with E-state index in [0.29, 0.717) is 36.9 Å². The van der Waals surface area contributed by atoms with Crippen LogP contribution in [0.4, 0.5) is 0 Å². The molecule has 0 saturated carbocycles. The van der Waals surface area contributed by atoms with Gasteiger partial charge in [0.05, 0.1) is 11.4 Å². The first kappa shape index (κ1) is 21.1. The number of benzene rings is 2. The molecule has 0 N–H and O–H groups in total. The number of amides is 2. The number of aryl methyl sites for hydroxylation is 2. The fourth-order valence-corrected chi connectivity index (χ4v) is 3.95. The SMILES string of the molecule is CC(=O)N1CCN(C(=O)c2cc(-c3ccc(C)c(C)c3)nn2-c2cccc(Cl)c2)CC1. The van der Waals surface area contributed by atoms with Crippen LogP contribution in [0.25, 0.3) is 16.9 Å². The molecule has 2 aromatic carbocycles. The molecule has 2 heterocycles. The Morgan fingerprint density at radius 3 is 2.26 bits per heavy atom. The first-order valence-electron chi connectivity index (χ1n) is 10.3. The first-order chi connectivity index (χ1) is 14.8. The Morgan fingerprint density at radius 2 is 1.61 bits per heavy atom. The minimum atomic E-state index is -0.106. The van der Waals surface area contributed by atoms with Crippen LogP contribution in [0.5, 0.6) is 0 Å². The number of carbonyl (C=O) groups is 2. The molecule has 1 aliphatic heterocycles. The zero-order chi connectivity index (χ0) is 22.1. The third-order valence-electron chi connectivity index (χ3n) is 5.80. The Kier molecular flexibility index (Phi) is 5.83. The first-order valence-corrected chi connectivity index (χ1v) is 10.7. The molecule has 4 rings (SSSR count). The number of carbonyl (C=O) groups excluding carboxylic acids is 2. The summed E-state index contributed by atoms with van der Waals surface area (Å²) in [6.45, 7) is 7.76. The number of aromatic nitrogens is 2. The lowest BCUT2D eigenvalue weighted by atomic mass is 10.0. The lowest BCUT2D eigenvalue weighted by Gasteiger charge is -2.34. The Labute approximate surface area is 187 Å². The van der Waals surface area contributed by atoms with Crippen LogP contribution in [0.3, 0.4) is 0 Å². The minimum absolute atomic E-state index is 0.0353. The van der Waals surface area contributed by atoms with Crippen LogP contribution in [-0.4, -0.2) is 57.6 Å². The smallest absolute Gasteiger partial charge is 0.272 e. The lowest BCUT2D eigenvalue weighted by Crippen LogP contribution is -2.50. The van der Waals surface area contributed by atoms with Crippen molar-refractivity contribution in [1.82, 2.24) is 19.6 Å². The summed E-state index contributed by atoms with van der Waals surface area (Å²) in [6.07, 6.45) is 0. The number of halogens is 1. The summed E-state index contributed by atoms with van der Waals surface area (Å²) in [7, 11) is 0. The number of hydrogen-bond acceptors (Lipinski definition) is 3. The maximum atomic E-state index is 13.4. The van der Waals surface area contributed by atoms with E-state index in [4.69, 9.17) is 16.7 Å². The van der Waals surface area contributed by atoms with Crippen LogP contribution >= 0.6 is 11.6 Å². The molecule has 1 saturated heterocycles. The highest BCUT2D eigenvalue weighted by Crippen LogP contribution is 2.26. The number of hydrogen-bond donors (Lipinski definition) is 0. The summed E-state index contributed by atoms with van der Waals surface area (Å²) in [5.41, 5.74) is 5.27. The van der Waals surface area contributed by atoms with Gasteiger partial charge in [0, 0.05) is 43.7 Å². The second-order valence-electron chi connectivity index (χ2n) is 7.90. The maximum absolute atomic E-state index is 13.4. The van der Waals surface area contributed by atoms with Crippen LogP contribution in [0.2, 0.25) is 5.02 Å². The largest absolute Gasteiger partial charge is 0.339 e. The lowest BCUT2D eigenvalue weighted by molar-refractivity contribution is -0.130. The van der Waals surface area contributed by atoms with Crippen molar-refractivity contribution in [2.45, 2.75) is 20.8 Å². The molecule has 0 bridgehead atoms. The van der Waals surface area contributed by atoms with Gasteiger partial charge in [0.15, 0.2) is 0 Å². The Balaban J connectivity index is 1.73. The van der Waals surface area contributed by atoms with Gasteiger partial charge < -0.3 is 9.80 Å². The van der Waals surface area contributed by atoms with E-state index in [9.17, 15) is 9.59 Å². The summed E-state index contributed by atoms with van der Waals surface area (Å²) in [6, 6.07) is 15.3. The summed E-state index contributed by atoms with van der Waals surface area (Å²) in [5, 5.41) is 5.35. The van der Waals surface area contributed by atoms with Gasteiger partial charge in [-0.1, -0.05) is 29.8 Å². The van der Waals surface area contributed by atoms with E-state index in [1.165, 1.54) is 11.1 Å². The van der Waals surface area contributed by atoms with E-state index in [-0.39, 0.29) is 11.8 Å². The molecule has 0 aliphatic carbocycles. The van der Waals surface area contributed by atoms with Crippen molar-refractivity contribution in [2.75, 3.05) is 26.2 Å². The molecular formula is C24H25ClN4O2. The van der Waals surface area contributed by atoms with E-state index < -0.39 is 0 Å². The highest BCUT2D eigenvalue weighted by molar-refractivity contribution is 6.30. The summed E-state index contributed by atoms with van der Waals surface area (Å²) < 4.78 is 1.66. The molecule has 0 spiro atoms. The van der Waals surface area contributed by atoms with E-state index in [2.05, 4.69) is 26.0 Å². The molecule has 160 valence electrons. The van der Waals surface area contributed by atoms with Crippen molar-refractivity contribution in [3.05, 3.63) is 70.4 Å². The Morgan fingerprint density at radius 1 is 0.903 bits per heavy atom. The van der Waals surface area contributed by atoms with Crippen LogP contribution in [0.1, 0.15) is 28.5 Å². The molecule has 2 amide bonds. The molecule has 0 atom stereocenters. The molecule has 7 heteroatoms. The highest BCUT2D eigenvalue weighted by atomic mass is 35.5. The van der Waals surface area contributed by atoms with Crippen LogP contribution < -0.4 is 0 Å². The summed E-state index contributed by atoms with van der Waals surface area (Å²) in [4.78, 5) is 28.6. The van der Waals surface area contributed by atoms with Crippen LogP contribution in [-0.2, 0) is 4.79 Å². The fourth-order valence-electron chi connectivity index (χ4n) is 3.77. The van der Waals surface area contributed by atoms with Gasteiger partial charge in [-0.15, -0.1) is 0 Å². The van der Waals surface area contributed by atoms with Gasteiger partial charge in [0.25, 0.3) is 5.91 Å². The Hall–Kier alpha value is -3.12. The Bertz CT molecular complexity index is 1150. The molecule has 1 fully saturated rings. The molecule has 0 radical (unpaired) electrons. The van der Waals surface area contributed by atoms with E-state index in [1.807, 2.05) is 24.3 Å². The van der Waals surface area contributed by atoms with E-state index in [1.54, 1.807) is 33.5 Å². The number of rotatable bonds is 3. The molecule has 31 heavy (non-hydrogen) atoms. The van der Waals surface area contributed by atoms with E-state index >= 15 is 0 Å². The average Bonchev–Trinajstić information content (AvgIpc) is 3.21. The third-order valence-corrected chi connectivity index (χ3v) is 6.03. The van der Waals surface area contributed by atoms with Gasteiger partial charge in [0.2, 0.25) is 5.91 Å². The highest BCUT2D eigenvalue weighted by Gasteiger charge is 2.27. The molecule has 1 aromatic heterocycles. The van der Waals surface area contributed by atoms with Gasteiger partial charge in [-0.2, -0.15) is 5.10 Å². The van der Waals surface area contributed by atoms with Crippen molar-refractivity contribution in [2.24, 2.45) is 0 Å². The zero-order valence-corrected chi connectivity index (χ0v) is 18.7. The van der Waals surface area contributed by atoms with Gasteiger partial charge in [-0.3, -0.25) is 9.59 Å². The van der Waals surface area contributed by atoms with Gasteiger partial charge in [0.1, 0.15) is 5.69 Å². The predicted molar refractivity (Wildman–Crippen MR) is 122 cm³/mol. The van der Waals surface area contributed by atoms with Gasteiger partial charge in [-0.25, -0.2) is 4.68 Å². The second-order valence-corrected chi connectivity index (χ2v) is 8.34. The van der Waals surface area contributed by atoms with Gasteiger partial charge >= 0.3 is 0 Å². The molecular weight excluding hydrogens is 412 g/mol. The van der Waals surface area contributed by atoms with Crippen LogP contribution in [0, 0.1) is 13.8 Å². The van der Waals surface area contributed by atoms with Crippen molar-refractivity contribution in [1.29, 1.82) is 0 Å². The van der Waals surface area contributed by atoms with Crippen molar-refractivity contribution >= 4 is 23.4 Å². The summed E-state index contributed by atoms with van der Waals surface area (Å²) in [5.74, 6) is -0.0705. The predicted octanol–water partition coefficient (Wildman–Crippen LogP) is 4.11. The molecule has 1 aliphatic rings. The molecule has 6 nitrogen and oxygen atoms in total. The quantitative estimate of drug-likeness (QED) is 0.620. The van der Waals surface area contributed by atoms with Crippen molar-refractivity contribution < 1.29 is 9.59 Å². The molecule has 0 unspecified atom stereocenters. The zero-order valence-electron chi connectivity index (χ0n) is 17.9. The standard InChI is InChI=1S/C24H25ClN4O2/c1-16-7-8-19(13-17(16)2)22-15-23(29(26-22)21-6-4-5-20(25)14-21)24(31)28-11-9-27(10-12-28)18(3)30/h4-8,13-15H,9-12H2,1-3H3. The minimum Gasteiger partial charge on any atom is -0.339 e. The molecule has 3 aromatic rings. The fraction of sp³-hybridized carbons (Fsp3) is 0.292. The van der Waals surface area contributed by atoms with Crippen molar-refractivity contribution in [3.63, 3.8) is 0 Å². The number of nitrogens with zero attached hydrogens (tertiary/aromatic N) is 4. The van der Waals surface area contributed by atoms with Crippen molar-refractivity contribution in [3.8, 4) is 16.9 Å². The third kappa shape index (κ3) is 4.35. The van der Waals surface area contributed by atoms with E-state index in [0.717, 1.165) is 16.9 Å². The summed E-state index contributed by atoms with van der Waals surface area (Å²) >= 11 is 6.21. The number of piperazine rings is 1. The topological polar surface area (TPSA) is 58.4 Å².